The Morgan fingerprint density at radius 1 is 1.17 bits per heavy atom. The van der Waals surface area contributed by atoms with Gasteiger partial charge in [-0.15, -0.1) is 5.10 Å². The van der Waals surface area contributed by atoms with Gasteiger partial charge in [-0.3, -0.25) is 24.5 Å². The Morgan fingerprint density at radius 3 is 2.69 bits per heavy atom. The summed E-state index contributed by atoms with van der Waals surface area (Å²) >= 11 is 0. The molecule has 1 fully saturated rings. The van der Waals surface area contributed by atoms with Gasteiger partial charge in [0.2, 0.25) is 17.7 Å². The van der Waals surface area contributed by atoms with E-state index in [1.54, 1.807) is 24.4 Å². The van der Waals surface area contributed by atoms with Crippen LogP contribution in [-0.4, -0.2) is 59.5 Å². The molecule has 35 heavy (non-hydrogen) atoms. The molecule has 0 aliphatic carbocycles. The molecular formula is C23H22N8O4. The predicted molar refractivity (Wildman–Crippen MR) is 122 cm³/mol. The first-order valence-corrected chi connectivity index (χ1v) is 11.1. The monoisotopic (exact) mass is 474 g/mol. The van der Waals surface area contributed by atoms with Gasteiger partial charge in [0, 0.05) is 41.2 Å². The predicted octanol–water partition coefficient (Wildman–Crippen LogP) is 0.752. The number of imide groups is 1. The van der Waals surface area contributed by atoms with Crippen molar-refractivity contribution in [2.45, 2.75) is 45.8 Å². The molecule has 2 aliphatic heterocycles. The average Bonchev–Trinajstić information content (AvgIpc) is 3.39. The molecule has 12 nitrogen and oxygen atoms in total. The van der Waals surface area contributed by atoms with Crippen molar-refractivity contribution in [3.05, 3.63) is 53.0 Å². The molecule has 1 atom stereocenters. The summed E-state index contributed by atoms with van der Waals surface area (Å²) in [6.07, 6.45) is 2.04. The standard InChI is InChI=1S/C23H22N8O4/c1-12-8-13(2)25-21(24-12)17-10-30(29-28-17)11-20(33)26-16-5-3-4-14-15(16)9-31(23(14)35)18-6-7-19(32)27-22(18)34/h3-5,8,10,18H,6-7,9,11H2,1-2H3,(H,26,33)(H,27,32,34). The molecule has 1 unspecified atom stereocenters. The number of carbonyl (C=O) groups excluding carboxylic acids is 4. The molecule has 2 aliphatic rings. The highest BCUT2D eigenvalue weighted by Gasteiger charge is 2.39. The van der Waals surface area contributed by atoms with Crippen molar-refractivity contribution in [3.8, 4) is 11.5 Å². The smallest absolute Gasteiger partial charge is 0.255 e. The number of anilines is 1. The first-order valence-electron chi connectivity index (χ1n) is 11.1. The number of fused-ring (bicyclic) bond motifs is 1. The summed E-state index contributed by atoms with van der Waals surface area (Å²) in [5.74, 6) is -1.06. The number of hydrogen-bond acceptors (Lipinski definition) is 8. The lowest BCUT2D eigenvalue weighted by Crippen LogP contribution is -2.52. The van der Waals surface area contributed by atoms with Crippen LogP contribution in [0.15, 0.2) is 30.5 Å². The van der Waals surface area contributed by atoms with E-state index in [1.807, 2.05) is 19.9 Å². The molecule has 0 saturated carbocycles. The highest BCUT2D eigenvalue weighted by Crippen LogP contribution is 2.32. The van der Waals surface area contributed by atoms with Gasteiger partial charge in [-0.25, -0.2) is 14.6 Å². The van der Waals surface area contributed by atoms with E-state index in [0.717, 1.165) is 11.4 Å². The Balaban J connectivity index is 1.29. The number of nitrogens with zero attached hydrogens (tertiary/aromatic N) is 6. The van der Waals surface area contributed by atoms with Gasteiger partial charge in [0.15, 0.2) is 5.82 Å². The maximum absolute atomic E-state index is 13.0. The normalized spacial score (nSPS) is 17.4. The van der Waals surface area contributed by atoms with Crippen LogP contribution in [0, 0.1) is 13.8 Å². The van der Waals surface area contributed by atoms with E-state index in [9.17, 15) is 19.2 Å². The lowest BCUT2D eigenvalue weighted by molar-refractivity contribution is -0.137. The lowest BCUT2D eigenvalue weighted by Gasteiger charge is -2.29. The van der Waals surface area contributed by atoms with Crippen LogP contribution in [0.1, 0.15) is 40.2 Å². The van der Waals surface area contributed by atoms with E-state index in [2.05, 4.69) is 30.9 Å². The van der Waals surface area contributed by atoms with Crippen molar-refractivity contribution in [2.24, 2.45) is 0 Å². The number of benzene rings is 1. The van der Waals surface area contributed by atoms with Crippen LogP contribution >= 0.6 is 0 Å². The van der Waals surface area contributed by atoms with E-state index < -0.39 is 11.9 Å². The molecule has 4 heterocycles. The SMILES string of the molecule is Cc1cc(C)nc(-c2cn(CC(=O)Nc3cccc4c3CN(C3CCC(=O)NC3=O)C4=O)nn2)n1. The third-order valence-electron chi connectivity index (χ3n) is 5.91. The van der Waals surface area contributed by atoms with E-state index in [4.69, 9.17) is 0 Å². The molecule has 4 amide bonds. The van der Waals surface area contributed by atoms with Crippen LogP contribution in [0.4, 0.5) is 5.69 Å². The van der Waals surface area contributed by atoms with Crippen LogP contribution in [0.3, 0.4) is 0 Å². The summed E-state index contributed by atoms with van der Waals surface area (Å²) in [7, 11) is 0. The van der Waals surface area contributed by atoms with Gasteiger partial charge in [0.1, 0.15) is 18.3 Å². The highest BCUT2D eigenvalue weighted by molar-refractivity contribution is 6.06. The largest absolute Gasteiger partial charge is 0.324 e. The minimum absolute atomic E-state index is 0.105. The Hall–Kier alpha value is -4.48. The van der Waals surface area contributed by atoms with Gasteiger partial charge in [-0.1, -0.05) is 11.3 Å². The fourth-order valence-electron chi connectivity index (χ4n) is 4.36. The quantitative estimate of drug-likeness (QED) is 0.514. The molecule has 12 heteroatoms. The number of hydrogen-bond donors (Lipinski definition) is 2. The van der Waals surface area contributed by atoms with Crippen LogP contribution in [0.25, 0.3) is 11.5 Å². The minimum Gasteiger partial charge on any atom is -0.324 e. The third-order valence-corrected chi connectivity index (χ3v) is 5.91. The Labute approximate surface area is 199 Å². The van der Waals surface area contributed by atoms with Gasteiger partial charge in [-0.05, 0) is 38.5 Å². The molecule has 3 aromatic rings. The Morgan fingerprint density at radius 2 is 1.94 bits per heavy atom. The molecular weight excluding hydrogens is 452 g/mol. The van der Waals surface area contributed by atoms with Crippen LogP contribution in [0.2, 0.25) is 0 Å². The number of amides is 4. The summed E-state index contributed by atoms with van der Waals surface area (Å²) in [6.45, 7) is 3.78. The zero-order valence-corrected chi connectivity index (χ0v) is 19.1. The van der Waals surface area contributed by atoms with Gasteiger partial charge >= 0.3 is 0 Å². The fourth-order valence-corrected chi connectivity index (χ4v) is 4.36. The van der Waals surface area contributed by atoms with E-state index >= 15 is 0 Å². The summed E-state index contributed by atoms with van der Waals surface area (Å²) in [6, 6.07) is 6.16. The van der Waals surface area contributed by atoms with Crippen molar-refractivity contribution in [1.82, 2.24) is 35.2 Å². The minimum atomic E-state index is -0.725. The van der Waals surface area contributed by atoms with Crippen molar-refractivity contribution in [1.29, 1.82) is 0 Å². The second kappa shape index (κ2) is 8.70. The molecule has 0 spiro atoms. The van der Waals surface area contributed by atoms with Crippen LogP contribution in [0.5, 0.6) is 0 Å². The molecule has 2 aromatic heterocycles. The molecule has 0 radical (unpaired) electrons. The van der Waals surface area contributed by atoms with Gasteiger partial charge in [0.05, 0.1) is 6.20 Å². The van der Waals surface area contributed by atoms with E-state index in [1.165, 1.54) is 9.58 Å². The molecule has 178 valence electrons. The van der Waals surface area contributed by atoms with Gasteiger partial charge < -0.3 is 10.2 Å². The highest BCUT2D eigenvalue weighted by atomic mass is 16.2. The van der Waals surface area contributed by atoms with E-state index in [0.29, 0.717) is 28.3 Å². The second-order valence-electron chi connectivity index (χ2n) is 8.56. The van der Waals surface area contributed by atoms with Crippen LogP contribution in [-0.2, 0) is 27.5 Å². The topological polar surface area (TPSA) is 152 Å². The number of aryl methyl sites for hydroxylation is 2. The van der Waals surface area contributed by atoms with Crippen LogP contribution < -0.4 is 10.6 Å². The first kappa shape index (κ1) is 22.3. The second-order valence-corrected chi connectivity index (χ2v) is 8.56. The number of aromatic nitrogens is 5. The number of carbonyl (C=O) groups is 4. The average molecular weight is 474 g/mol. The third kappa shape index (κ3) is 4.37. The van der Waals surface area contributed by atoms with Crippen molar-refractivity contribution in [3.63, 3.8) is 0 Å². The van der Waals surface area contributed by atoms with Gasteiger partial charge in [-0.2, -0.15) is 0 Å². The summed E-state index contributed by atoms with van der Waals surface area (Å²) in [5, 5.41) is 13.2. The zero-order chi connectivity index (χ0) is 24.7. The lowest BCUT2D eigenvalue weighted by atomic mass is 10.0. The van der Waals surface area contributed by atoms with Gasteiger partial charge in [0.25, 0.3) is 5.91 Å². The molecule has 5 rings (SSSR count). The summed E-state index contributed by atoms with van der Waals surface area (Å²) in [4.78, 5) is 59.6. The summed E-state index contributed by atoms with van der Waals surface area (Å²) < 4.78 is 1.38. The molecule has 1 saturated heterocycles. The first-order chi connectivity index (χ1) is 16.8. The molecule has 0 bridgehead atoms. The number of rotatable bonds is 5. The van der Waals surface area contributed by atoms with Crippen molar-refractivity contribution < 1.29 is 19.2 Å². The molecule has 2 N–H and O–H groups in total. The van der Waals surface area contributed by atoms with Crippen molar-refractivity contribution in [2.75, 3.05) is 5.32 Å². The molecule has 1 aromatic carbocycles. The Kier molecular flexibility index (Phi) is 5.55. The maximum Gasteiger partial charge on any atom is 0.255 e. The number of piperidine rings is 1. The summed E-state index contributed by atoms with van der Waals surface area (Å²) in [5.41, 5.74) is 3.59. The zero-order valence-electron chi connectivity index (χ0n) is 19.1. The Bertz CT molecular complexity index is 1360. The number of nitrogens with one attached hydrogen (secondary N) is 2. The fraction of sp³-hybridized carbons (Fsp3) is 0.304. The maximum atomic E-state index is 13.0. The van der Waals surface area contributed by atoms with E-state index in [-0.39, 0.29) is 43.7 Å². The van der Waals surface area contributed by atoms with Crippen molar-refractivity contribution >= 4 is 29.3 Å².